The first-order valence-electron chi connectivity index (χ1n) is 5.86. The van der Waals surface area contributed by atoms with Gasteiger partial charge in [-0.25, -0.2) is 0 Å². The van der Waals surface area contributed by atoms with Gasteiger partial charge in [-0.15, -0.1) is 0 Å². The van der Waals surface area contributed by atoms with Crippen LogP contribution < -0.4 is 10.1 Å². The van der Waals surface area contributed by atoms with Crippen LogP contribution in [0.25, 0.3) is 0 Å². The molecular weight excluding hydrogens is 234 g/mol. The monoisotopic (exact) mass is 249 g/mol. The Morgan fingerprint density at radius 2 is 2.33 bits per heavy atom. The van der Waals surface area contributed by atoms with Gasteiger partial charge in [-0.1, -0.05) is 12.1 Å². The highest BCUT2D eigenvalue weighted by molar-refractivity contribution is 5.87. The van der Waals surface area contributed by atoms with Gasteiger partial charge >= 0.3 is 5.97 Å². The molecule has 1 amide bonds. The minimum Gasteiger partial charge on any atom is -0.494 e. The Labute approximate surface area is 105 Å². The number of carboxylic acids is 1. The molecule has 0 spiro atoms. The minimum absolute atomic E-state index is 0.0266. The molecule has 0 bridgehead atoms. The Bertz CT molecular complexity index is 472. The first-order valence-corrected chi connectivity index (χ1v) is 5.86. The lowest BCUT2D eigenvalue weighted by molar-refractivity contribution is -0.142. The van der Waals surface area contributed by atoms with Crippen LogP contribution in [0.2, 0.25) is 0 Å². The Hall–Kier alpha value is -2.04. The molecule has 1 aliphatic rings. The zero-order valence-corrected chi connectivity index (χ0v) is 10.1. The van der Waals surface area contributed by atoms with Crippen molar-refractivity contribution in [1.29, 1.82) is 0 Å². The molecule has 1 aromatic carbocycles. The average molecular weight is 249 g/mol. The lowest BCUT2D eigenvalue weighted by Gasteiger charge is -2.16. The molecule has 5 heteroatoms. The number of amides is 1. The summed E-state index contributed by atoms with van der Waals surface area (Å²) in [7, 11) is 0. The number of carbonyl (C=O) groups is 2. The SMILES string of the molecule is CCOc1cccc(C2NC(=O)CC2C(=O)O)c1. The third kappa shape index (κ3) is 2.45. The Balaban J connectivity index is 2.26. The van der Waals surface area contributed by atoms with Crippen molar-refractivity contribution in [2.45, 2.75) is 19.4 Å². The van der Waals surface area contributed by atoms with E-state index in [4.69, 9.17) is 9.84 Å². The molecule has 2 N–H and O–H groups in total. The predicted molar refractivity (Wildman–Crippen MR) is 64.2 cm³/mol. The maximum Gasteiger partial charge on any atom is 0.309 e. The number of ether oxygens (including phenoxy) is 1. The lowest BCUT2D eigenvalue weighted by Crippen LogP contribution is -2.24. The Kier molecular flexibility index (Phi) is 3.50. The highest BCUT2D eigenvalue weighted by Crippen LogP contribution is 2.32. The van der Waals surface area contributed by atoms with Crippen molar-refractivity contribution in [3.8, 4) is 5.75 Å². The molecule has 0 saturated carbocycles. The van der Waals surface area contributed by atoms with Crippen LogP contribution in [0.15, 0.2) is 24.3 Å². The van der Waals surface area contributed by atoms with Gasteiger partial charge in [0, 0.05) is 6.42 Å². The molecule has 5 nitrogen and oxygen atoms in total. The van der Waals surface area contributed by atoms with E-state index in [1.165, 1.54) is 0 Å². The first-order chi connectivity index (χ1) is 8.61. The average Bonchev–Trinajstić information content (AvgIpc) is 2.72. The quantitative estimate of drug-likeness (QED) is 0.844. The van der Waals surface area contributed by atoms with Crippen LogP contribution in [0.1, 0.15) is 24.9 Å². The van der Waals surface area contributed by atoms with E-state index in [-0.39, 0.29) is 12.3 Å². The number of nitrogens with one attached hydrogen (secondary N) is 1. The molecule has 2 unspecified atom stereocenters. The molecule has 0 aliphatic carbocycles. The summed E-state index contributed by atoms with van der Waals surface area (Å²) in [6.07, 6.45) is 0.0266. The van der Waals surface area contributed by atoms with E-state index >= 15 is 0 Å². The topological polar surface area (TPSA) is 75.6 Å². The molecule has 1 heterocycles. The highest BCUT2D eigenvalue weighted by Gasteiger charge is 2.38. The van der Waals surface area contributed by atoms with Crippen molar-refractivity contribution >= 4 is 11.9 Å². The van der Waals surface area contributed by atoms with Crippen LogP contribution in [-0.4, -0.2) is 23.6 Å². The predicted octanol–water partition coefficient (Wildman–Crippen LogP) is 1.35. The van der Waals surface area contributed by atoms with Crippen LogP contribution in [0, 0.1) is 5.92 Å². The second-order valence-corrected chi connectivity index (χ2v) is 4.20. The van der Waals surface area contributed by atoms with Gasteiger partial charge < -0.3 is 15.2 Å². The summed E-state index contributed by atoms with van der Waals surface area (Å²) < 4.78 is 5.37. The van der Waals surface area contributed by atoms with E-state index < -0.39 is 17.9 Å². The largest absolute Gasteiger partial charge is 0.494 e. The molecule has 18 heavy (non-hydrogen) atoms. The van der Waals surface area contributed by atoms with Crippen LogP contribution >= 0.6 is 0 Å². The molecule has 0 aromatic heterocycles. The number of rotatable bonds is 4. The molecule has 0 radical (unpaired) electrons. The number of hydrogen-bond acceptors (Lipinski definition) is 3. The second-order valence-electron chi connectivity index (χ2n) is 4.20. The standard InChI is InChI=1S/C13H15NO4/c1-2-18-9-5-3-4-8(6-9)12-10(13(16)17)7-11(15)14-12/h3-6,10,12H,2,7H2,1H3,(H,14,15)(H,16,17). The molecule has 1 saturated heterocycles. The molecule has 1 aliphatic heterocycles. The number of aliphatic carboxylic acids is 1. The second kappa shape index (κ2) is 5.08. The van der Waals surface area contributed by atoms with E-state index in [1.807, 2.05) is 6.92 Å². The molecular formula is C13H15NO4. The van der Waals surface area contributed by atoms with Gasteiger partial charge in [-0.05, 0) is 24.6 Å². The van der Waals surface area contributed by atoms with Crippen LogP contribution in [0.4, 0.5) is 0 Å². The molecule has 1 aromatic rings. The van der Waals surface area contributed by atoms with Gasteiger partial charge in [-0.2, -0.15) is 0 Å². The fraction of sp³-hybridized carbons (Fsp3) is 0.385. The Morgan fingerprint density at radius 3 is 3.00 bits per heavy atom. The summed E-state index contributed by atoms with van der Waals surface area (Å²) in [5.41, 5.74) is 0.763. The zero-order valence-electron chi connectivity index (χ0n) is 10.1. The van der Waals surface area contributed by atoms with E-state index in [0.717, 1.165) is 5.56 Å². The maximum atomic E-state index is 11.3. The minimum atomic E-state index is -0.958. The normalized spacial score (nSPS) is 22.6. The van der Waals surface area contributed by atoms with Crippen molar-refractivity contribution in [2.75, 3.05) is 6.61 Å². The molecule has 2 rings (SSSR count). The van der Waals surface area contributed by atoms with Crippen molar-refractivity contribution in [3.63, 3.8) is 0 Å². The van der Waals surface area contributed by atoms with E-state index in [9.17, 15) is 9.59 Å². The maximum absolute atomic E-state index is 11.3. The van der Waals surface area contributed by atoms with Crippen molar-refractivity contribution < 1.29 is 19.4 Å². The lowest BCUT2D eigenvalue weighted by atomic mass is 9.94. The van der Waals surface area contributed by atoms with Crippen molar-refractivity contribution in [3.05, 3.63) is 29.8 Å². The summed E-state index contributed by atoms with van der Waals surface area (Å²) in [6, 6.07) is 6.70. The van der Waals surface area contributed by atoms with Crippen molar-refractivity contribution in [2.24, 2.45) is 5.92 Å². The third-order valence-electron chi connectivity index (χ3n) is 2.97. The smallest absolute Gasteiger partial charge is 0.309 e. The van der Waals surface area contributed by atoms with E-state index in [0.29, 0.717) is 12.4 Å². The summed E-state index contributed by atoms with van der Waals surface area (Å²) in [5.74, 6) is -1.22. The van der Waals surface area contributed by atoms with Crippen LogP contribution in [0.5, 0.6) is 5.75 Å². The number of hydrogen-bond donors (Lipinski definition) is 2. The molecule has 1 fully saturated rings. The van der Waals surface area contributed by atoms with Crippen molar-refractivity contribution in [1.82, 2.24) is 5.32 Å². The van der Waals surface area contributed by atoms with Gasteiger partial charge in [0.25, 0.3) is 0 Å². The number of benzene rings is 1. The van der Waals surface area contributed by atoms with Crippen LogP contribution in [0.3, 0.4) is 0 Å². The zero-order chi connectivity index (χ0) is 13.1. The van der Waals surface area contributed by atoms with E-state index in [2.05, 4.69) is 5.32 Å². The van der Waals surface area contributed by atoms with Gasteiger partial charge in [0.2, 0.25) is 5.91 Å². The van der Waals surface area contributed by atoms with Gasteiger partial charge in [-0.3, -0.25) is 9.59 Å². The molecule has 96 valence electrons. The summed E-state index contributed by atoms with van der Waals surface area (Å²) in [5, 5.41) is 11.8. The Morgan fingerprint density at radius 1 is 1.56 bits per heavy atom. The molecule has 2 atom stereocenters. The fourth-order valence-electron chi connectivity index (χ4n) is 2.16. The van der Waals surface area contributed by atoms with Gasteiger partial charge in [0.15, 0.2) is 0 Å². The fourth-order valence-corrected chi connectivity index (χ4v) is 2.16. The summed E-state index contributed by atoms with van der Waals surface area (Å²) >= 11 is 0. The number of carbonyl (C=O) groups excluding carboxylic acids is 1. The van der Waals surface area contributed by atoms with Crippen LogP contribution in [-0.2, 0) is 9.59 Å². The summed E-state index contributed by atoms with van der Waals surface area (Å²) in [6.45, 7) is 2.42. The highest BCUT2D eigenvalue weighted by atomic mass is 16.5. The van der Waals surface area contributed by atoms with Gasteiger partial charge in [0.1, 0.15) is 5.75 Å². The first kappa shape index (κ1) is 12.4. The van der Waals surface area contributed by atoms with Gasteiger partial charge in [0.05, 0.1) is 18.6 Å². The third-order valence-corrected chi connectivity index (χ3v) is 2.97. The summed E-state index contributed by atoms with van der Waals surface area (Å²) in [4.78, 5) is 22.5. The number of carboxylic acid groups (broad SMARTS) is 1. The van der Waals surface area contributed by atoms with E-state index in [1.54, 1.807) is 24.3 Å².